The molecule has 158 valence electrons. The van der Waals surface area contributed by atoms with Crippen molar-refractivity contribution < 1.29 is 22.6 Å². The molecule has 1 aliphatic heterocycles. The van der Waals surface area contributed by atoms with Gasteiger partial charge in [-0.15, -0.1) is 0 Å². The molecule has 1 aromatic rings. The minimum Gasteiger partial charge on any atom is -0.434 e. The average molecular weight is 402 g/mol. The van der Waals surface area contributed by atoms with Crippen molar-refractivity contribution >= 4 is 5.96 Å². The Hall–Kier alpha value is -2.00. The number of hydrogen-bond donors (Lipinski definition) is 2. The van der Waals surface area contributed by atoms with E-state index in [0.29, 0.717) is 18.4 Å². The number of benzene rings is 1. The Morgan fingerprint density at radius 1 is 1.25 bits per heavy atom. The highest BCUT2D eigenvalue weighted by molar-refractivity contribution is 5.79. The van der Waals surface area contributed by atoms with Gasteiger partial charge in [0, 0.05) is 44.8 Å². The maximum Gasteiger partial charge on any atom is 0.387 e. The fourth-order valence-electron chi connectivity index (χ4n) is 3.21. The third kappa shape index (κ3) is 6.56. The van der Waals surface area contributed by atoms with E-state index in [1.54, 1.807) is 7.05 Å². The van der Waals surface area contributed by atoms with Gasteiger partial charge in [-0.05, 0) is 18.1 Å². The highest BCUT2D eigenvalue weighted by Crippen LogP contribution is 2.23. The molecule has 1 heterocycles. The molecular weight excluding hydrogens is 373 g/mol. The van der Waals surface area contributed by atoms with Gasteiger partial charge in [-0.1, -0.05) is 19.9 Å². The predicted octanol–water partition coefficient (Wildman–Crippen LogP) is 2.45. The van der Waals surface area contributed by atoms with Gasteiger partial charge >= 0.3 is 6.61 Å². The van der Waals surface area contributed by atoms with Crippen molar-refractivity contribution in [3.63, 3.8) is 0 Å². The Balaban J connectivity index is 1.96. The van der Waals surface area contributed by atoms with Gasteiger partial charge in [0.2, 0.25) is 0 Å². The predicted molar refractivity (Wildman–Crippen MR) is 102 cm³/mol. The van der Waals surface area contributed by atoms with Crippen LogP contribution >= 0.6 is 0 Å². The third-order valence-corrected chi connectivity index (χ3v) is 4.71. The molecule has 1 unspecified atom stereocenters. The van der Waals surface area contributed by atoms with E-state index in [1.807, 2.05) is 0 Å². The lowest BCUT2D eigenvalue weighted by molar-refractivity contribution is -0.0506. The van der Waals surface area contributed by atoms with Crippen LogP contribution in [0.25, 0.3) is 0 Å². The standard InChI is InChI=1S/C19H29F3N4O2/c1-13(2)16(26-7-9-27-10-8-26)12-25-19(23-3)24-11-14-15(20)5-4-6-17(14)28-18(21)22/h4-6,13,16,18H,7-12H2,1-3H3,(H2,23,24,25). The molecule has 1 fully saturated rings. The summed E-state index contributed by atoms with van der Waals surface area (Å²) in [4.78, 5) is 6.51. The summed E-state index contributed by atoms with van der Waals surface area (Å²) in [5.74, 6) is 0.0762. The highest BCUT2D eigenvalue weighted by atomic mass is 19.3. The van der Waals surface area contributed by atoms with Gasteiger partial charge < -0.3 is 20.1 Å². The number of hydrogen-bond acceptors (Lipinski definition) is 4. The van der Waals surface area contributed by atoms with Crippen LogP contribution in [0.5, 0.6) is 5.75 Å². The number of nitrogens with one attached hydrogen (secondary N) is 2. The van der Waals surface area contributed by atoms with E-state index in [1.165, 1.54) is 18.2 Å². The van der Waals surface area contributed by atoms with Crippen LogP contribution in [0.3, 0.4) is 0 Å². The van der Waals surface area contributed by atoms with E-state index in [9.17, 15) is 13.2 Å². The monoisotopic (exact) mass is 402 g/mol. The van der Waals surface area contributed by atoms with Crippen LogP contribution in [0.1, 0.15) is 19.4 Å². The molecule has 0 amide bonds. The second kappa shape index (κ2) is 11.1. The Morgan fingerprint density at radius 2 is 1.96 bits per heavy atom. The van der Waals surface area contributed by atoms with E-state index < -0.39 is 12.4 Å². The molecular formula is C19H29F3N4O2. The van der Waals surface area contributed by atoms with Crippen molar-refractivity contribution in [2.75, 3.05) is 39.9 Å². The van der Waals surface area contributed by atoms with Gasteiger partial charge in [-0.2, -0.15) is 8.78 Å². The van der Waals surface area contributed by atoms with Crippen molar-refractivity contribution in [3.8, 4) is 5.75 Å². The molecule has 0 saturated carbocycles. The van der Waals surface area contributed by atoms with Gasteiger partial charge in [0.05, 0.1) is 13.2 Å². The van der Waals surface area contributed by atoms with Crippen LogP contribution in [-0.2, 0) is 11.3 Å². The number of morpholine rings is 1. The molecule has 6 nitrogen and oxygen atoms in total. The number of alkyl halides is 2. The van der Waals surface area contributed by atoms with Gasteiger partial charge in [0.25, 0.3) is 0 Å². The van der Waals surface area contributed by atoms with Gasteiger partial charge in [0.1, 0.15) is 11.6 Å². The molecule has 0 bridgehead atoms. The molecule has 1 aliphatic rings. The second-order valence-corrected chi connectivity index (χ2v) is 6.86. The average Bonchev–Trinajstić information content (AvgIpc) is 2.66. The Morgan fingerprint density at radius 3 is 2.57 bits per heavy atom. The summed E-state index contributed by atoms with van der Waals surface area (Å²) in [6, 6.07) is 4.14. The van der Waals surface area contributed by atoms with Gasteiger partial charge in [-0.3, -0.25) is 9.89 Å². The maximum absolute atomic E-state index is 14.1. The smallest absolute Gasteiger partial charge is 0.387 e. The summed E-state index contributed by atoms with van der Waals surface area (Å²) in [7, 11) is 1.60. The molecule has 0 aromatic heterocycles. The zero-order valence-electron chi connectivity index (χ0n) is 16.6. The lowest BCUT2D eigenvalue weighted by Crippen LogP contribution is -2.52. The van der Waals surface area contributed by atoms with Crippen molar-refractivity contribution in [2.24, 2.45) is 10.9 Å². The van der Waals surface area contributed by atoms with E-state index in [2.05, 4.69) is 39.1 Å². The number of nitrogens with zero attached hydrogens (tertiary/aromatic N) is 2. The van der Waals surface area contributed by atoms with Gasteiger partial charge in [-0.25, -0.2) is 4.39 Å². The Bertz CT molecular complexity index is 638. The molecule has 9 heteroatoms. The summed E-state index contributed by atoms with van der Waals surface area (Å²) in [6.45, 7) is 5.11. The number of rotatable bonds is 8. The quantitative estimate of drug-likeness (QED) is 0.517. The Kier molecular flexibility index (Phi) is 8.85. The third-order valence-electron chi connectivity index (χ3n) is 4.71. The lowest BCUT2D eigenvalue weighted by atomic mass is 10.0. The molecule has 1 saturated heterocycles. The van der Waals surface area contributed by atoms with Crippen LogP contribution in [0.2, 0.25) is 0 Å². The lowest BCUT2D eigenvalue weighted by Gasteiger charge is -2.37. The van der Waals surface area contributed by atoms with Crippen molar-refractivity contribution in [1.82, 2.24) is 15.5 Å². The molecule has 2 rings (SSSR count). The van der Waals surface area contributed by atoms with Gasteiger partial charge in [0.15, 0.2) is 5.96 Å². The minimum absolute atomic E-state index is 0.0272. The van der Waals surface area contributed by atoms with Crippen LogP contribution in [0.4, 0.5) is 13.2 Å². The molecule has 28 heavy (non-hydrogen) atoms. The number of guanidine groups is 1. The van der Waals surface area contributed by atoms with Crippen molar-refractivity contribution in [2.45, 2.75) is 33.0 Å². The zero-order valence-corrected chi connectivity index (χ0v) is 16.6. The first-order valence-corrected chi connectivity index (χ1v) is 9.41. The van der Waals surface area contributed by atoms with E-state index in [4.69, 9.17) is 4.74 Å². The summed E-state index contributed by atoms with van der Waals surface area (Å²) in [6.07, 6.45) is 0. The SMILES string of the molecule is CN=C(NCc1c(F)cccc1OC(F)F)NCC(C(C)C)N1CCOCC1. The second-order valence-electron chi connectivity index (χ2n) is 6.86. The molecule has 0 radical (unpaired) electrons. The van der Waals surface area contributed by atoms with E-state index in [0.717, 1.165) is 26.3 Å². The molecule has 0 spiro atoms. The Labute approximate surface area is 164 Å². The highest BCUT2D eigenvalue weighted by Gasteiger charge is 2.24. The molecule has 1 aromatic carbocycles. The number of halogens is 3. The zero-order chi connectivity index (χ0) is 20.5. The first-order chi connectivity index (χ1) is 13.4. The fraction of sp³-hybridized carbons (Fsp3) is 0.632. The van der Waals surface area contributed by atoms with E-state index >= 15 is 0 Å². The molecule has 0 aliphatic carbocycles. The van der Waals surface area contributed by atoms with Crippen molar-refractivity contribution in [1.29, 1.82) is 0 Å². The van der Waals surface area contributed by atoms with Crippen LogP contribution in [0.15, 0.2) is 23.2 Å². The molecule has 2 N–H and O–H groups in total. The summed E-state index contributed by atoms with van der Waals surface area (Å²) >= 11 is 0. The molecule has 1 atom stereocenters. The van der Waals surface area contributed by atoms with Crippen LogP contribution < -0.4 is 15.4 Å². The van der Waals surface area contributed by atoms with Crippen LogP contribution in [-0.4, -0.2) is 63.4 Å². The van der Waals surface area contributed by atoms with Crippen LogP contribution in [0, 0.1) is 11.7 Å². The summed E-state index contributed by atoms with van der Waals surface area (Å²) in [5, 5.41) is 6.21. The first-order valence-electron chi connectivity index (χ1n) is 9.41. The minimum atomic E-state index is -3.02. The largest absolute Gasteiger partial charge is 0.434 e. The number of aliphatic imine (C=N–C) groups is 1. The van der Waals surface area contributed by atoms with E-state index in [-0.39, 0.29) is 23.9 Å². The summed E-state index contributed by atoms with van der Waals surface area (Å²) in [5.41, 5.74) is 0.0272. The fourth-order valence-corrected chi connectivity index (χ4v) is 3.21. The topological polar surface area (TPSA) is 58.1 Å². The van der Waals surface area contributed by atoms with Crippen molar-refractivity contribution in [3.05, 3.63) is 29.6 Å². The summed E-state index contributed by atoms with van der Waals surface area (Å²) < 4.78 is 49.0. The number of ether oxygens (including phenoxy) is 2. The maximum atomic E-state index is 14.1. The normalized spacial score (nSPS) is 17.1. The first kappa shape index (κ1) is 22.3.